The molecule has 1 aliphatic carbocycles. The summed E-state index contributed by atoms with van der Waals surface area (Å²) < 4.78 is 4.65. The molecule has 0 aromatic rings. The highest BCUT2D eigenvalue weighted by molar-refractivity contribution is 5.67. The predicted molar refractivity (Wildman–Crippen MR) is 63.8 cm³/mol. The van der Waals surface area contributed by atoms with Gasteiger partial charge in [-0.3, -0.25) is 0 Å². The largest absolute Gasteiger partial charge is 0.436 e. The molecule has 0 heterocycles. The van der Waals surface area contributed by atoms with Crippen LogP contribution in [0.3, 0.4) is 0 Å². The molecule has 1 N–H and O–H groups in total. The molecule has 0 spiro atoms. The van der Waals surface area contributed by atoms with Crippen molar-refractivity contribution in [3.05, 3.63) is 24.3 Å². The minimum Gasteiger partial charge on any atom is -0.436 e. The normalized spacial score (nSPS) is 19.3. The van der Waals surface area contributed by atoms with E-state index in [2.05, 4.69) is 34.2 Å². The SMILES string of the molecule is C#CCOC(=O)NC/C=C/C1CC=CCC1. The first-order chi connectivity index (χ1) is 7.83. The Morgan fingerprint density at radius 1 is 1.62 bits per heavy atom. The monoisotopic (exact) mass is 219 g/mol. The van der Waals surface area contributed by atoms with Crippen molar-refractivity contribution in [1.29, 1.82) is 0 Å². The van der Waals surface area contributed by atoms with E-state index in [-0.39, 0.29) is 6.61 Å². The molecule has 3 nitrogen and oxygen atoms in total. The Labute approximate surface area is 96.6 Å². The van der Waals surface area contributed by atoms with Gasteiger partial charge in [-0.15, -0.1) is 6.42 Å². The van der Waals surface area contributed by atoms with Gasteiger partial charge in [0.1, 0.15) is 0 Å². The van der Waals surface area contributed by atoms with Gasteiger partial charge in [-0.25, -0.2) is 4.79 Å². The summed E-state index contributed by atoms with van der Waals surface area (Å²) in [7, 11) is 0. The van der Waals surface area contributed by atoms with Gasteiger partial charge in [0.25, 0.3) is 0 Å². The van der Waals surface area contributed by atoms with E-state index in [4.69, 9.17) is 6.42 Å². The molecule has 0 aliphatic heterocycles. The first kappa shape index (κ1) is 12.4. The number of rotatable bonds is 4. The Hall–Kier alpha value is -1.69. The van der Waals surface area contributed by atoms with Gasteiger partial charge in [-0.1, -0.05) is 30.2 Å². The Bertz CT molecular complexity index is 312. The summed E-state index contributed by atoms with van der Waals surface area (Å²) in [6.45, 7) is 0.507. The molecule has 1 aliphatic rings. The molecule has 3 heteroatoms. The van der Waals surface area contributed by atoms with Gasteiger partial charge in [0.05, 0.1) is 0 Å². The lowest BCUT2D eigenvalue weighted by atomic mass is 9.94. The van der Waals surface area contributed by atoms with Crippen molar-refractivity contribution in [2.45, 2.75) is 19.3 Å². The molecule has 1 atom stereocenters. The average molecular weight is 219 g/mol. The fourth-order valence-corrected chi connectivity index (χ4v) is 1.55. The maximum Gasteiger partial charge on any atom is 0.408 e. The Balaban J connectivity index is 2.10. The summed E-state index contributed by atoms with van der Waals surface area (Å²) >= 11 is 0. The van der Waals surface area contributed by atoms with Crippen LogP contribution in [0.1, 0.15) is 19.3 Å². The molecule has 0 saturated heterocycles. The molecule has 0 radical (unpaired) electrons. The van der Waals surface area contributed by atoms with Crippen LogP contribution in [0.25, 0.3) is 0 Å². The minimum absolute atomic E-state index is 0.0168. The molecule has 1 rings (SSSR count). The van der Waals surface area contributed by atoms with Gasteiger partial charge in [0, 0.05) is 6.54 Å². The topological polar surface area (TPSA) is 38.3 Å². The van der Waals surface area contributed by atoms with Gasteiger partial charge >= 0.3 is 6.09 Å². The zero-order chi connectivity index (χ0) is 11.6. The minimum atomic E-state index is -0.467. The highest BCUT2D eigenvalue weighted by atomic mass is 16.5. The number of alkyl carbamates (subject to hydrolysis) is 1. The summed E-state index contributed by atoms with van der Waals surface area (Å²) in [5.74, 6) is 2.84. The number of hydrogen-bond acceptors (Lipinski definition) is 2. The van der Waals surface area contributed by atoms with Crippen molar-refractivity contribution in [3.8, 4) is 12.3 Å². The Morgan fingerprint density at radius 3 is 3.19 bits per heavy atom. The Kier molecular flexibility index (Phi) is 5.87. The maximum absolute atomic E-state index is 11.0. The van der Waals surface area contributed by atoms with Crippen molar-refractivity contribution < 1.29 is 9.53 Å². The van der Waals surface area contributed by atoms with Crippen molar-refractivity contribution in [1.82, 2.24) is 5.32 Å². The summed E-state index contributed by atoms with van der Waals surface area (Å²) in [6.07, 6.45) is 16.4. The molecule has 0 aromatic heterocycles. The van der Waals surface area contributed by atoms with Crippen molar-refractivity contribution >= 4 is 6.09 Å². The summed E-state index contributed by atoms with van der Waals surface area (Å²) in [6, 6.07) is 0. The second kappa shape index (κ2) is 7.58. The molecular weight excluding hydrogens is 202 g/mol. The third kappa shape index (κ3) is 5.26. The van der Waals surface area contributed by atoms with E-state index in [1.807, 2.05) is 6.08 Å². The standard InChI is InChI=1S/C13H17NO2/c1-2-11-16-13(15)14-10-6-9-12-7-4-3-5-8-12/h1,3-4,6,9,12H,5,7-8,10-11H2,(H,14,15)/b9-6+. The zero-order valence-electron chi connectivity index (χ0n) is 9.32. The number of amides is 1. The summed E-state index contributed by atoms with van der Waals surface area (Å²) in [4.78, 5) is 11.0. The molecular formula is C13H17NO2. The van der Waals surface area contributed by atoms with Crippen LogP contribution in [-0.2, 0) is 4.74 Å². The fourth-order valence-electron chi connectivity index (χ4n) is 1.55. The third-order valence-electron chi connectivity index (χ3n) is 2.37. The average Bonchev–Trinajstić information content (AvgIpc) is 2.33. The molecule has 0 bridgehead atoms. The zero-order valence-corrected chi connectivity index (χ0v) is 9.32. The summed E-state index contributed by atoms with van der Waals surface area (Å²) in [5.41, 5.74) is 0. The first-order valence-electron chi connectivity index (χ1n) is 5.48. The second-order valence-corrected chi connectivity index (χ2v) is 3.63. The highest BCUT2D eigenvalue weighted by Crippen LogP contribution is 2.18. The van der Waals surface area contributed by atoms with E-state index >= 15 is 0 Å². The van der Waals surface area contributed by atoms with Gasteiger partial charge in [0.15, 0.2) is 6.61 Å². The van der Waals surface area contributed by atoms with E-state index < -0.39 is 6.09 Å². The lowest BCUT2D eigenvalue weighted by Gasteiger charge is -2.12. The number of nitrogens with one attached hydrogen (secondary N) is 1. The second-order valence-electron chi connectivity index (χ2n) is 3.63. The number of allylic oxidation sites excluding steroid dienone is 3. The molecule has 16 heavy (non-hydrogen) atoms. The van der Waals surface area contributed by atoms with Crippen LogP contribution in [0.4, 0.5) is 4.79 Å². The number of carbonyl (C=O) groups excluding carboxylic acids is 1. The van der Waals surface area contributed by atoms with Crippen LogP contribution in [0.5, 0.6) is 0 Å². The van der Waals surface area contributed by atoms with E-state index in [0.29, 0.717) is 12.5 Å². The van der Waals surface area contributed by atoms with Gasteiger partial charge in [-0.05, 0) is 25.2 Å². The Morgan fingerprint density at radius 2 is 2.50 bits per heavy atom. The van der Waals surface area contributed by atoms with Crippen molar-refractivity contribution in [2.24, 2.45) is 5.92 Å². The van der Waals surface area contributed by atoms with Crippen LogP contribution in [0.15, 0.2) is 24.3 Å². The molecule has 1 unspecified atom stereocenters. The smallest absolute Gasteiger partial charge is 0.408 e. The van der Waals surface area contributed by atoms with E-state index in [1.165, 1.54) is 6.42 Å². The van der Waals surface area contributed by atoms with Crippen LogP contribution < -0.4 is 5.32 Å². The van der Waals surface area contributed by atoms with E-state index in [1.54, 1.807) is 0 Å². The number of hydrogen-bond donors (Lipinski definition) is 1. The van der Waals surface area contributed by atoms with Crippen molar-refractivity contribution in [3.63, 3.8) is 0 Å². The molecule has 0 fully saturated rings. The fraction of sp³-hybridized carbons (Fsp3) is 0.462. The maximum atomic E-state index is 11.0. The molecule has 0 saturated carbocycles. The molecule has 1 amide bonds. The van der Waals surface area contributed by atoms with Crippen LogP contribution in [0, 0.1) is 18.3 Å². The van der Waals surface area contributed by atoms with Crippen LogP contribution in [-0.4, -0.2) is 19.2 Å². The van der Waals surface area contributed by atoms with Crippen LogP contribution in [0.2, 0.25) is 0 Å². The van der Waals surface area contributed by atoms with Gasteiger partial charge in [0.2, 0.25) is 0 Å². The highest BCUT2D eigenvalue weighted by Gasteiger charge is 2.04. The predicted octanol–water partition coefficient (Wildman–Crippen LogP) is 2.26. The number of ether oxygens (including phenoxy) is 1. The van der Waals surface area contributed by atoms with Crippen molar-refractivity contribution in [2.75, 3.05) is 13.2 Å². The lowest BCUT2D eigenvalue weighted by molar-refractivity contribution is 0.161. The number of terminal acetylenes is 1. The molecule has 86 valence electrons. The summed E-state index contributed by atoms with van der Waals surface area (Å²) in [5, 5.41) is 2.60. The van der Waals surface area contributed by atoms with E-state index in [0.717, 1.165) is 12.8 Å². The van der Waals surface area contributed by atoms with Crippen LogP contribution >= 0.6 is 0 Å². The van der Waals surface area contributed by atoms with E-state index in [9.17, 15) is 4.79 Å². The van der Waals surface area contributed by atoms with Gasteiger partial charge < -0.3 is 10.1 Å². The number of carbonyl (C=O) groups is 1. The molecule has 0 aromatic carbocycles. The third-order valence-corrected chi connectivity index (χ3v) is 2.37. The first-order valence-corrected chi connectivity index (χ1v) is 5.48. The quantitative estimate of drug-likeness (QED) is 0.582. The lowest BCUT2D eigenvalue weighted by Crippen LogP contribution is -2.24. The van der Waals surface area contributed by atoms with Gasteiger partial charge in [-0.2, -0.15) is 0 Å².